The first kappa shape index (κ1) is 13.5. The Bertz CT molecular complexity index is 615. The maximum Gasteiger partial charge on any atom is 0.256 e. The molecule has 2 rings (SSSR count). The van der Waals surface area contributed by atoms with E-state index in [2.05, 4.69) is 29.2 Å². The Labute approximate surface area is 113 Å². The molecule has 0 radical (unpaired) electrons. The van der Waals surface area contributed by atoms with E-state index in [1.807, 2.05) is 26.8 Å². The van der Waals surface area contributed by atoms with E-state index in [9.17, 15) is 4.79 Å². The zero-order chi connectivity index (χ0) is 14.2. The lowest BCUT2D eigenvalue weighted by Crippen LogP contribution is -2.36. The van der Waals surface area contributed by atoms with Gasteiger partial charge in [0.1, 0.15) is 5.56 Å². The molecule has 0 saturated carbocycles. The van der Waals surface area contributed by atoms with E-state index < -0.39 is 0 Å². The number of aromatic nitrogens is 3. The van der Waals surface area contributed by atoms with Crippen molar-refractivity contribution < 1.29 is 4.79 Å². The molecule has 5 nitrogen and oxygen atoms in total. The molecule has 1 amide bonds. The number of amides is 1. The fourth-order valence-corrected chi connectivity index (χ4v) is 1.88. The summed E-state index contributed by atoms with van der Waals surface area (Å²) in [4.78, 5) is 16.7. The minimum atomic E-state index is -0.117. The van der Waals surface area contributed by atoms with Crippen LogP contribution in [0, 0.1) is 19.8 Å². The van der Waals surface area contributed by atoms with Gasteiger partial charge < -0.3 is 5.32 Å². The highest BCUT2D eigenvalue weighted by atomic mass is 16.1. The zero-order valence-corrected chi connectivity index (χ0v) is 12.1. The summed E-state index contributed by atoms with van der Waals surface area (Å²) in [7, 11) is 0. The van der Waals surface area contributed by atoms with Crippen molar-refractivity contribution in [3.05, 3.63) is 29.2 Å². The Morgan fingerprint density at radius 2 is 2.00 bits per heavy atom. The number of carbonyl (C=O) groups is 1. The van der Waals surface area contributed by atoms with Crippen molar-refractivity contribution in [1.82, 2.24) is 19.9 Å². The summed E-state index contributed by atoms with van der Waals surface area (Å²) in [6.45, 7) is 10.0. The largest absolute Gasteiger partial charge is 0.349 e. The van der Waals surface area contributed by atoms with Crippen LogP contribution in [-0.2, 0) is 0 Å². The van der Waals surface area contributed by atoms with Crippen molar-refractivity contribution in [3.63, 3.8) is 0 Å². The topological polar surface area (TPSA) is 59.3 Å². The van der Waals surface area contributed by atoms with Crippen molar-refractivity contribution >= 4 is 11.6 Å². The van der Waals surface area contributed by atoms with Crippen LogP contribution in [-0.4, -0.2) is 26.5 Å². The third-order valence-corrected chi connectivity index (χ3v) is 3.38. The maximum atomic E-state index is 12.3. The summed E-state index contributed by atoms with van der Waals surface area (Å²) in [6, 6.07) is 2.06. The predicted octanol–water partition coefficient (Wildman–Crippen LogP) is 2.12. The summed E-state index contributed by atoms with van der Waals surface area (Å²) in [5.74, 6) is 0.274. The van der Waals surface area contributed by atoms with Crippen molar-refractivity contribution in [2.45, 2.75) is 40.7 Å². The van der Waals surface area contributed by atoms with Gasteiger partial charge in [0.2, 0.25) is 0 Å². The molecule has 2 heterocycles. The third-order valence-electron chi connectivity index (χ3n) is 3.38. The average molecular weight is 260 g/mol. The summed E-state index contributed by atoms with van der Waals surface area (Å²) in [5, 5.41) is 7.21. The molecular formula is C14H20N4O. The van der Waals surface area contributed by atoms with E-state index in [0.29, 0.717) is 17.1 Å². The van der Waals surface area contributed by atoms with Gasteiger partial charge in [0.05, 0.1) is 6.20 Å². The van der Waals surface area contributed by atoms with E-state index in [0.717, 1.165) is 11.4 Å². The molecule has 1 atom stereocenters. The molecule has 0 bridgehead atoms. The second kappa shape index (κ2) is 4.99. The van der Waals surface area contributed by atoms with Gasteiger partial charge in [-0.25, -0.2) is 9.50 Å². The van der Waals surface area contributed by atoms with Gasteiger partial charge >= 0.3 is 0 Å². The molecule has 2 aromatic rings. The molecule has 0 aliphatic carbocycles. The monoisotopic (exact) mass is 260 g/mol. The number of carbonyl (C=O) groups excluding carboxylic acids is 1. The van der Waals surface area contributed by atoms with Crippen LogP contribution in [0.3, 0.4) is 0 Å². The maximum absolute atomic E-state index is 12.3. The molecule has 5 heteroatoms. The van der Waals surface area contributed by atoms with Crippen LogP contribution in [0.2, 0.25) is 0 Å². The summed E-state index contributed by atoms with van der Waals surface area (Å²) in [6.07, 6.45) is 1.58. The molecular weight excluding hydrogens is 240 g/mol. The summed E-state index contributed by atoms with van der Waals surface area (Å²) in [5.41, 5.74) is 3.00. The second-order valence-electron chi connectivity index (χ2n) is 5.34. The van der Waals surface area contributed by atoms with E-state index in [1.165, 1.54) is 0 Å². The SMILES string of the molecule is Cc1cc(C)n2ncc(C(=O)N[C@H](C)C(C)C)c2n1. The van der Waals surface area contributed by atoms with Crippen LogP contribution in [0.25, 0.3) is 5.65 Å². The number of hydrogen-bond donors (Lipinski definition) is 1. The van der Waals surface area contributed by atoms with Crippen LogP contribution in [0.1, 0.15) is 42.5 Å². The number of fused-ring (bicyclic) bond motifs is 1. The predicted molar refractivity (Wildman–Crippen MR) is 74.2 cm³/mol. The summed E-state index contributed by atoms with van der Waals surface area (Å²) < 4.78 is 1.70. The van der Waals surface area contributed by atoms with E-state index in [1.54, 1.807) is 10.7 Å². The third kappa shape index (κ3) is 2.59. The number of aryl methyl sites for hydroxylation is 2. The van der Waals surface area contributed by atoms with Gasteiger partial charge in [-0.05, 0) is 32.8 Å². The Morgan fingerprint density at radius 3 is 2.63 bits per heavy atom. The Balaban J connectivity index is 2.38. The minimum Gasteiger partial charge on any atom is -0.349 e. The number of hydrogen-bond acceptors (Lipinski definition) is 3. The molecule has 0 spiro atoms. The first-order valence-electron chi connectivity index (χ1n) is 6.53. The molecule has 0 aliphatic heterocycles. The van der Waals surface area contributed by atoms with E-state index in [4.69, 9.17) is 0 Å². The first-order valence-corrected chi connectivity index (χ1v) is 6.53. The number of rotatable bonds is 3. The molecule has 0 unspecified atom stereocenters. The van der Waals surface area contributed by atoms with Crippen molar-refractivity contribution in [1.29, 1.82) is 0 Å². The van der Waals surface area contributed by atoms with Gasteiger partial charge in [0.25, 0.3) is 5.91 Å². The average Bonchev–Trinajstić information content (AvgIpc) is 2.72. The number of nitrogens with one attached hydrogen (secondary N) is 1. The van der Waals surface area contributed by atoms with Crippen LogP contribution >= 0.6 is 0 Å². The van der Waals surface area contributed by atoms with E-state index >= 15 is 0 Å². The Kier molecular flexibility index (Phi) is 3.55. The summed E-state index contributed by atoms with van der Waals surface area (Å²) >= 11 is 0. The van der Waals surface area contributed by atoms with Crippen molar-refractivity contribution in [2.24, 2.45) is 5.92 Å². The highest BCUT2D eigenvalue weighted by Crippen LogP contribution is 2.12. The Hall–Kier alpha value is -1.91. The second-order valence-corrected chi connectivity index (χ2v) is 5.34. The van der Waals surface area contributed by atoms with Gasteiger partial charge in [-0.1, -0.05) is 13.8 Å². The highest BCUT2D eigenvalue weighted by molar-refractivity contribution is 5.99. The lowest BCUT2D eigenvalue weighted by atomic mass is 10.1. The Morgan fingerprint density at radius 1 is 1.32 bits per heavy atom. The molecule has 1 N–H and O–H groups in total. The molecule has 102 valence electrons. The fraction of sp³-hybridized carbons (Fsp3) is 0.500. The normalized spacial score (nSPS) is 12.9. The van der Waals surface area contributed by atoms with Gasteiger partial charge in [-0.3, -0.25) is 4.79 Å². The lowest BCUT2D eigenvalue weighted by Gasteiger charge is -2.16. The molecule has 2 aromatic heterocycles. The van der Waals surface area contributed by atoms with Gasteiger partial charge in [0.15, 0.2) is 5.65 Å². The van der Waals surface area contributed by atoms with E-state index in [-0.39, 0.29) is 11.9 Å². The molecule has 19 heavy (non-hydrogen) atoms. The molecule has 0 fully saturated rings. The number of nitrogens with zero attached hydrogens (tertiary/aromatic N) is 3. The standard InChI is InChI=1S/C14H20N4O/c1-8(2)11(5)17-14(19)12-7-15-18-10(4)6-9(3)16-13(12)18/h6-8,11H,1-5H3,(H,17,19)/t11-/m1/s1. The van der Waals surface area contributed by atoms with Crippen LogP contribution < -0.4 is 5.32 Å². The lowest BCUT2D eigenvalue weighted by molar-refractivity contribution is 0.0932. The van der Waals surface area contributed by atoms with Crippen LogP contribution in [0.5, 0.6) is 0 Å². The highest BCUT2D eigenvalue weighted by Gasteiger charge is 2.18. The molecule has 0 aliphatic rings. The van der Waals surface area contributed by atoms with Gasteiger partial charge in [0, 0.05) is 17.4 Å². The minimum absolute atomic E-state index is 0.117. The van der Waals surface area contributed by atoms with Crippen LogP contribution in [0.15, 0.2) is 12.3 Å². The van der Waals surface area contributed by atoms with Crippen molar-refractivity contribution in [3.8, 4) is 0 Å². The quantitative estimate of drug-likeness (QED) is 0.919. The zero-order valence-electron chi connectivity index (χ0n) is 12.1. The fourth-order valence-electron chi connectivity index (χ4n) is 1.88. The smallest absolute Gasteiger partial charge is 0.256 e. The van der Waals surface area contributed by atoms with Crippen LogP contribution in [0.4, 0.5) is 0 Å². The molecule has 0 saturated heterocycles. The van der Waals surface area contributed by atoms with Gasteiger partial charge in [-0.2, -0.15) is 5.10 Å². The first-order chi connectivity index (χ1) is 8.90. The van der Waals surface area contributed by atoms with Gasteiger partial charge in [-0.15, -0.1) is 0 Å². The van der Waals surface area contributed by atoms with Crippen molar-refractivity contribution in [2.75, 3.05) is 0 Å². The molecule has 0 aromatic carbocycles.